The zero-order chi connectivity index (χ0) is 15.0. The van der Waals surface area contributed by atoms with Crippen LogP contribution in [0.2, 0.25) is 0 Å². The third-order valence-corrected chi connectivity index (χ3v) is 4.16. The average molecular weight is 279 g/mol. The maximum Gasteiger partial charge on any atom is 0.236 e. The Morgan fingerprint density at radius 1 is 1.30 bits per heavy atom. The topological polar surface area (TPSA) is 47.3 Å². The van der Waals surface area contributed by atoms with Crippen molar-refractivity contribution in [3.8, 4) is 6.07 Å². The Hall–Kier alpha value is -1.08. The first-order valence-electron chi connectivity index (χ1n) is 7.89. The van der Waals surface area contributed by atoms with Crippen LogP contribution in [0.3, 0.4) is 0 Å². The number of nitriles is 1. The van der Waals surface area contributed by atoms with Crippen molar-refractivity contribution in [3.05, 3.63) is 0 Å². The van der Waals surface area contributed by atoms with E-state index in [-0.39, 0.29) is 5.91 Å². The number of carbonyl (C=O) groups is 1. The molecular formula is C16H29N3O. The van der Waals surface area contributed by atoms with Gasteiger partial charge in [-0.15, -0.1) is 0 Å². The van der Waals surface area contributed by atoms with Crippen LogP contribution in [0, 0.1) is 17.2 Å². The van der Waals surface area contributed by atoms with Gasteiger partial charge in [-0.3, -0.25) is 9.69 Å². The van der Waals surface area contributed by atoms with E-state index in [0.717, 1.165) is 13.0 Å². The Morgan fingerprint density at radius 2 is 1.95 bits per heavy atom. The first kappa shape index (κ1) is 17.0. The second-order valence-electron chi connectivity index (χ2n) is 6.31. The van der Waals surface area contributed by atoms with Crippen LogP contribution in [0.25, 0.3) is 0 Å². The maximum absolute atomic E-state index is 12.2. The standard InChI is InChI=1S/C16H29N3O/c1-14(2)9-12-19(15-7-4-5-8-15)13-16(20)18(3)11-6-10-17/h14-15H,4-9,11-13H2,1-3H3. The Kier molecular flexibility index (Phi) is 7.61. The number of likely N-dealkylation sites (N-methyl/N-ethyl adjacent to an activating group) is 1. The summed E-state index contributed by atoms with van der Waals surface area (Å²) < 4.78 is 0. The smallest absolute Gasteiger partial charge is 0.236 e. The molecule has 1 aliphatic carbocycles. The second kappa shape index (κ2) is 8.97. The van der Waals surface area contributed by atoms with Crippen molar-refractivity contribution in [2.45, 2.75) is 58.4 Å². The zero-order valence-electron chi connectivity index (χ0n) is 13.3. The van der Waals surface area contributed by atoms with Crippen LogP contribution in [0.1, 0.15) is 52.4 Å². The minimum Gasteiger partial charge on any atom is -0.344 e. The summed E-state index contributed by atoms with van der Waals surface area (Å²) in [5.74, 6) is 0.821. The van der Waals surface area contributed by atoms with E-state index in [9.17, 15) is 4.79 Å². The molecule has 0 unspecified atom stereocenters. The number of hydrogen-bond donors (Lipinski definition) is 0. The zero-order valence-corrected chi connectivity index (χ0v) is 13.3. The summed E-state index contributed by atoms with van der Waals surface area (Å²) in [6.07, 6.45) is 6.60. The summed E-state index contributed by atoms with van der Waals surface area (Å²) in [5, 5.41) is 8.60. The van der Waals surface area contributed by atoms with Gasteiger partial charge in [0.2, 0.25) is 5.91 Å². The SMILES string of the molecule is CC(C)CCN(CC(=O)N(C)CCC#N)C1CCCC1. The molecular weight excluding hydrogens is 250 g/mol. The summed E-state index contributed by atoms with van der Waals surface area (Å²) in [6.45, 7) is 6.53. The minimum atomic E-state index is 0.149. The van der Waals surface area contributed by atoms with Gasteiger partial charge < -0.3 is 4.90 Å². The first-order chi connectivity index (χ1) is 9.54. The van der Waals surface area contributed by atoms with Gasteiger partial charge in [-0.25, -0.2) is 0 Å². The van der Waals surface area contributed by atoms with Crippen molar-refractivity contribution in [2.75, 3.05) is 26.7 Å². The van der Waals surface area contributed by atoms with Crippen molar-refractivity contribution in [3.63, 3.8) is 0 Å². The summed E-state index contributed by atoms with van der Waals surface area (Å²) in [4.78, 5) is 16.3. The molecule has 0 aliphatic heterocycles. The Labute approximate surface area is 123 Å². The lowest BCUT2D eigenvalue weighted by Gasteiger charge is -2.30. The van der Waals surface area contributed by atoms with Crippen LogP contribution in [0.5, 0.6) is 0 Å². The van der Waals surface area contributed by atoms with Gasteiger partial charge in [0.15, 0.2) is 0 Å². The van der Waals surface area contributed by atoms with Crippen LogP contribution in [0.4, 0.5) is 0 Å². The molecule has 0 radical (unpaired) electrons. The van der Waals surface area contributed by atoms with Crippen LogP contribution in [-0.2, 0) is 4.79 Å². The first-order valence-corrected chi connectivity index (χ1v) is 7.89. The molecule has 1 aliphatic rings. The lowest BCUT2D eigenvalue weighted by atomic mass is 10.1. The quantitative estimate of drug-likeness (QED) is 0.686. The summed E-state index contributed by atoms with van der Waals surface area (Å²) in [5.41, 5.74) is 0. The summed E-state index contributed by atoms with van der Waals surface area (Å²) >= 11 is 0. The molecule has 114 valence electrons. The van der Waals surface area contributed by atoms with Gasteiger partial charge in [0.1, 0.15) is 0 Å². The summed E-state index contributed by atoms with van der Waals surface area (Å²) in [7, 11) is 1.80. The molecule has 0 aromatic heterocycles. The van der Waals surface area contributed by atoms with Gasteiger partial charge in [0.25, 0.3) is 0 Å². The monoisotopic (exact) mass is 279 g/mol. The van der Waals surface area contributed by atoms with Crippen molar-refractivity contribution >= 4 is 5.91 Å². The predicted octanol–water partition coefficient (Wildman–Crippen LogP) is 2.65. The van der Waals surface area contributed by atoms with Crippen LogP contribution in [-0.4, -0.2) is 48.4 Å². The lowest BCUT2D eigenvalue weighted by Crippen LogP contribution is -2.43. The molecule has 4 nitrogen and oxygen atoms in total. The predicted molar refractivity (Wildman–Crippen MR) is 81.2 cm³/mol. The molecule has 0 heterocycles. The third kappa shape index (κ3) is 5.92. The molecule has 0 saturated heterocycles. The maximum atomic E-state index is 12.2. The molecule has 4 heteroatoms. The molecule has 0 spiro atoms. The second-order valence-corrected chi connectivity index (χ2v) is 6.31. The number of amides is 1. The highest BCUT2D eigenvalue weighted by molar-refractivity contribution is 5.78. The minimum absolute atomic E-state index is 0.149. The van der Waals surface area contributed by atoms with Crippen LogP contribution < -0.4 is 0 Å². The van der Waals surface area contributed by atoms with Crippen LogP contribution in [0.15, 0.2) is 0 Å². The molecule has 0 N–H and O–H groups in total. The highest BCUT2D eigenvalue weighted by atomic mass is 16.2. The van der Waals surface area contributed by atoms with Crippen molar-refractivity contribution < 1.29 is 4.79 Å². The number of nitrogens with zero attached hydrogens (tertiary/aromatic N) is 3. The van der Waals surface area contributed by atoms with Crippen molar-refractivity contribution in [1.29, 1.82) is 5.26 Å². The molecule has 1 amide bonds. The molecule has 20 heavy (non-hydrogen) atoms. The van der Waals surface area contributed by atoms with E-state index >= 15 is 0 Å². The van der Waals surface area contributed by atoms with E-state index in [1.54, 1.807) is 11.9 Å². The van der Waals surface area contributed by atoms with E-state index in [4.69, 9.17) is 5.26 Å². The fourth-order valence-electron chi connectivity index (χ4n) is 2.72. The van der Waals surface area contributed by atoms with Crippen LogP contribution >= 0.6 is 0 Å². The fraction of sp³-hybridized carbons (Fsp3) is 0.875. The van der Waals surface area contributed by atoms with Gasteiger partial charge in [0.05, 0.1) is 19.0 Å². The van der Waals surface area contributed by atoms with Gasteiger partial charge in [-0.2, -0.15) is 5.26 Å². The molecule has 0 aromatic rings. The van der Waals surface area contributed by atoms with E-state index in [2.05, 4.69) is 24.8 Å². The highest BCUT2D eigenvalue weighted by Gasteiger charge is 2.25. The van der Waals surface area contributed by atoms with E-state index in [1.165, 1.54) is 25.7 Å². The average Bonchev–Trinajstić information content (AvgIpc) is 2.94. The highest BCUT2D eigenvalue weighted by Crippen LogP contribution is 2.24. The molecule has 0 bridgehead atoms. The Morgan fingerprint density at radius 3 is 2.50 bits per heavy atom. The van der Waals surface area contributed by atoms with Crippen molar-refractivity contribution in [1.82, 2.24) is 9.80 Å². The largest absolute Gasteiger partial charge is 0.344 e. The van der Waals surface area contributed by atoms with E-state index in [1.807, 2.05) is 0 Å². The molecule has 0 atom stereocenters. The fourth-order valence-corrected chi connectivity index (χ4v) is 2.72. The Bertz CT molecular complexity index is 329. The van der Waals surface area contributed by atoms with Gasteiger partial charge in [-0.05, 0) is 31.7 Å². The van der Waals surface area contributed by atoms with E-state index in [0.29, 0.717) is 31.5 Å². The van der Waals surface area contributed by atoms with Crippen molar-refractivity contribution in [2.24, 2.45) is 5.92 Å². The van der Waals surface area contributed by atoms with Gasteiger partial charge in [-0.1, -0.05) is 26.7 Å². The molecule has 1 rings (SSSR count). The number of carbonyl (C=O) groups excluding carboxylic acids is 1. The normalized spacial score (nSPS) is 15.8. The van der Waals surface area contributed by atoms with E-state index < -0.39 is 0 Å². The Balaban J connectivity index is 2.49. The molecule has 0 aromatic carbocycles. The summed E-state index contributed by atoms with van der Waals surface area (Å²) in [6, 6.07) is 2.68. The third-order valence-electron chi connectivity index (χ3n) is 4.16. The number of hydrogen-bond acceptors (Lipinski definition) is 3. The number of rotatable bonds is 8. The molecule has 1 saturated carbocycles. The van der Waals surface area contributed by atoms with Gasteiger partial charge >= 0.3 is 0 Å². The lowest BCUT2D eigenvalue weighted by molar-refractivity contribution is -0.131. The van der Waals surface area contributed by atoms with Gasteiger partial charge in [0, 0.05) is 19.6 Å². The molecule has 1 fully saturated rings.